The van der Waals surface area contributed by atoms with E-state index in [1.54, 1.807) is 36.4 Å². The molecule has 1 aliphatic carbocycles. The Morgan fingerprint density at radius 2 is 1.51 bits per heavy atom. The monoisotopic (exact) mass is 548 g/mol. The molecule has 41 heavy (non-hydrogen) atoms. The third kappa shape index (κ3) is 7.54. The van der Waals surface area contributed by atoms with Gasteiger partial charge in [-0.2, -0.15) is 0 Å². The van der Waals surface area contributed by atoms with Gasteiger partial charge in [-0.25, -0.2) is 4.79 Å². The summed E-state index contributed by atoms with van der Waals surface area (Å²) in [6.45, 7) is 2.41. The number of anilines is 2. The Balaban J connectivity index is 1.19. The molecule has 4 aromatic rings. The summed E-state index contributed by atoms with van der Waals surface area (Å²) in [5.41, 5.74) is 3.57. The van der Waals surface area contributed by atoms with Crippen LogP contribution in [-0.4, -0.2) is 42.6 Å². The number of aliphatic carboxylic acids is 1. The van der Waals surface area contributed by atoms with E-state index in [4.69, 9.17) is 4.74 Å². The maximum Gasteiger partial charge on any atom is 0.326 e. The minimum Gasteiger partial charge on any atom is -0.492 e. The first-order valence-electron chi connectivity index (χ1n) is 14.3. The number of ether oxygens (including phenoxy) is 1. The number of rotatable bonds is 14. The molecule has 0 heterocycles. The minimum atomic E-state index is -0.986. The minimum absolute atomic E-state index is 0.155. The summed E-state index contributed by atoms with van der Waals surface area (Å²) >= 11 is 0. The van der Waals surface area contributed by atoms with Crippen LogP contribution in [0.4, 0.5) is 11.4 Å². The summed E-state index contributed by atoms with van der Waals surface area (Å²) in [4.78, 5) is 27.7. The molecular weight excluding hydrogens is 512 g/mol. The van der Waals surface area contributed by atoms with Gasteiger partial charge in [0.05, 0.1) is 6.54 Å². The number of nitrogens with zero attached hydrogens (tertiary/aromatic N) is 1. The lowest BCUT2D eigenvalue weighted by atomic mass is 9.85. The molecule has 1 saturated carbocycles. The standard InChI is InChI=1S/C35H36N2O4/c38-34(28-12-3-1-4-13-28)31-16-7-8-17-32(31)36-33(35(39)40)24-26-18-20-30(21-19-26)41-23-22-37(25-27-10-9-11-27)29-14-5-2-6-15-29/h1-8,12-21,27,33,36H,9-11,22-25H2,(H,39,40). The summed E-state index contributed by atoms with van der Waals surface area (Å²) in [7, 11) is 0. The molecule has 1 fully saturated rings. The lowest BCUT2D eigenvalue weighted by Crippen LogP contribution is -2.35. The lowest BCUT2D eigenvalue weighted by Gasteiger charge is -2.33. The average Bonchev–Trinajstić information content (AvgIpc) is 2.99. The Morgan fingerprint density at radius 3 is 2.17 bits per heavy atom. The van der Waals surface area contributed by atoms with Gasteiger partial charge in [-0.3, -0.25) is 4.79 Å². The van der Waals surface area contributed by atoms with Crippen molar-refractivity contribution in [2.75, 3.05) is 29.9 Å². The largest absolute Gasteiger partial charge is 0.492 e. The number of nitrogens with one attached hydrogen (secondary N) is 1. The van der Waals surface area contributed by atoms with Crippen molar-refractivity contribution in [3.63, 3.8) is 0 Å². The van der Waals surface area contributed by atoms with Crippen molar-refractivity contribution < 1.29 is 19.4 Å². The molecular formula is C35H36N2O4. The van der Waals surface area contributed by atoms with Crippen molar-refractivity contribution in [1.29, 1.82) is 0 Å². The Hall–Kier alpha value is -4.58. The third-order valence-electron chi connectivity index (χ3n) is 7.65. The first-order chi connectivity index (χ1) is 20.1. The summed E-state index contributed by atoms with van der Waals surface area (Å²) in [5.74, 6) is 0.371. The van der Waals surface area contributed by atoms with Gasteiger partial charge in [0.1, 0.15) is 18.4 Å². The van der Waals surface area contributed by atoms with Gasteiger partial charge in [0, 0.05) is 35.5 Å². The third-order valence-corrected chi connectivity index (χ3v) is 7.65. The molecule has 1 unspecified atom stereocenters. The molecule has 6 nitrogen and oxygen atoms in total. The van der Waals surface area contributed by atoms with Crippen LogP contribution in [0.5, 0.6) is 5.75 Å². The SMILES string of the molecule is O=C(c1ccccc1)c1ccccc1NC(Cc1ccc(OCCN(CC2CCC2)c2ccccc2)cc1)C(=O)O. The van der Waals surface area contributed by atoms with Crippen molar-refractivity contribution in [2.45, 2.75) is 31.7 Å². The number of carboxylic acid groups (broad SMARTS) is 1. The molecule has 5 rings (SSSR count). The second-order valence-corrected chi connectivity index (χ2v) is 10.6. The Labute approximate surface area is 241 Å². The van der Waals surface area contributed by atoms with Gasteiger partial charge in [-0.05, 0) is 60.7 Å². The Kier molecular flexibility index (Phi) is 9.32. The molecule has 6 heteroatoms. The van der Waals surface area contributed by atoms with Crippen LogP contribution in [0.3, 0.4) is 0 Å². The van der Waals surface area contributed by atoms with Crippen LogP contribution < -0.4 is 15.0 Å². The van der Waals surface area contributed by atoms with E-state index in [1.807, 2.05) is 48.5 Å². The van der Waals surface area contributed by atoms with Crippen LogP contribution in [-0.2, 0) is 11.2 Å². The Bertz CT molecular complexity index is 1420. The average molecular weight is 549 g/mol. The number of para-hydroxylation sites is 2. The predicted octanol–water partition coefficient (Wildman–Crippen LogP) is 6.71. The number of ketones is 1. The number of benzene rings is 4. The second kappa shape index (κ2) is 13.7. The summed E-state index contributed by atoms with van der Waals surface area (Å²) in [5, 5.41) is 13.1. The van der Waals surface area contributed by atoms with Crippen molar-refractivity contribution in [2.24, 2.45) is 5.92 Å². The van der Waals surface area contributed by atoms with E-state index in [0.29, 0.717) is 23.4 Å². The smallest absolute Gasteiger partial charge is 0.326 e. The highest BCUT2D eigenvalue weighted by molar-refractivity contribution is 6.12. The number of carbonyl (C=O) groups excluding carboxylic acids is 1. The highest BCUT2D eigenvalue weighted by atomic mass is 16.5. The van der Waals surface area contributed by atoms with E-state index < -0.39 is 12.0 Å². The number of hydrogen-bond acceptors (Lipinski definition) is 5. The van der Waals surface area contributed by atoms with Gasteiger partial charge in [-0.15, -0.1) is 0 Å². The van der Waals surface area contributed by atoms with Crippen LogP contribution in [0, 0.1) is 5.92 Å². The molecule has 2 N–H and O–H groups in total. The first kappa shape index (κ1) is 28.0. The van der Waals surface area contributed by atoms with E-state index in [-0.39, 0.29) is 12.2 Å². The van der Waals surface area contributed by atoms with Crippen LogP contribution in [0.25, 0.3) is 0 Å². The highest BCUT2D eigenvalue weighted by Crippen LogP contribution is 2.29. The maximum absolute atomic E-state index is 13.1. The van der Waals surface area contributed by atoms with Crippen LogP contribution in [0.1, 0.15) is 40.7 Å². The van der Waals surface area contributed by atoms with E-state index in [9.17, 15) is 14.7 Å². The number of hydrogen-bond donors (Lipinski definition) is 2. The van der Waals surface area contributed by atoms with Crippen molar-refractivity contribution >= 4 is 23.1 Å². The zero-order chi connectivity index (χ0) is 28.4. The fourth-order valence-corrected chi connectivity index (χ4v) is 5.12. The lowest BCUT2D eigenvalue weighted by molar-refractivity contribution is -0.137. The van der Waals surface area contributed by atoms with E-state index in [0.717, 1.165) is 30.3 Å². The second-order valence-electron chi connectivity index (χ2n) is 10.6. The molecule has 0 amide bonds. The molecule has 1 atom stereocenters. The fraction of sp³-hybridized carbons (Fsp3) is 0.257. The van der Waals surface area contributed by atoms with Gasteiger partial charge in [0.2, 0.25) is 0 Å². The van der Waals surface area contributed by atoms with Crippen LogP contribution in [0.15, 0.2) is 109 Å². The molecule has 0 bridgehead atoms. The molecule has 0 aromatic heterocycles. The normalized spacial score (nSPS) is 13.6. The molecule has 0 spiro atoms. The van der Waals surface area contributed by atoms with E-state index >= 15 is 0 Å². The van der Waals surface area contributed by atoms with Gasteiger partial charge < -0.3 is 20.1 Å². The summed E-state index contributed by atoms with van der Waals surface area (Å²) < 4.78 is 6.07. The van der Waals surface area contributed by atoms with Crippen molar-refractivity contribution in [3.8, 4) is 5.75 Å². The molecule has 0 saturated heterocycles. The zero-order valence-electron chi connectivity index (χ0n) is 23.1. The molecule has 0 aliphatic heterocycles. The van der Waals surface area contributed by atoms with Gasteiger partial charge in [0.25, 0.3) is 0 Å². The topological polar surface area (TPSA) is 78.9 Å². The van der Waals surface area contributed by atoms with Crippen LogP contribution in [0.2, 0.25) is 0 Å². The molecule has 4 aromatic carbocycles. The fourth-order valence-electron chi connectivity index (χ4n) is 5.12. The van der Waals surface area contributed by atoms with Crippen LogP contribution >= 0.6 is 0 Å². The zero-order valence-corrected chi connectivity index (χ0v) is 23.1. The Morgan fingerprint density at radius 1 is 0.854 bits per heavy atom. The number of carbonyl (C=O) groups is 2. The highest BCUT2D eigenvalue weighted by Gasteiger charge is 2.22. The summed E-state index contributed by atoms with van der Waals surface area (Å²) in [6.07, 6.45) is 4.18. The molecule has 210 valence electrons. The molecule has 1 aliphatic rings. The van der Waals surface area contributed by atoms with Crippen molar-refractivity contribution in [3.05, 3.63) is 126 Å². The number of carboxylic acids is 1. The van der Waals surface area contributed by atoms with Gasteiger partial charge >= 0.3 is 5.97 Å². The quantitative estimate of drug-likeness (QED) is 0.171. The van der Waals surface area contributed by atoms with E-state index in [2.05, 4.69) is 34.5 Å². The summed E-state index contributed by atoms with van der Waals surface area (Å²) in [6, 6.07) is 33.2. The predicted molar refractivity (Wildman–Crippen MR) is 163 cm³/mol. The first-order valence-corrected chi connectivity index (χ1v) is 14.3. The van der Waals surface area contributed by atoms with E-state index in [1.165, 1.54) is 24.9 Å². The van der Waals surface area contributed by atoms with Crippen molar-refractivity contribution in [1.82, 2.24) is 0 Å². The molecule has 0 radical (unpaired) electrons. The van der Waals surface area contributed by atoms with Gasteiger partial charge in [0.15, 0.2) is 5.78 Å². The maximum atomic E-state index is 13.1. The van der Waals surface area contributed by atoms with Gasteiger partial charge in [-0.1, -0.05) is 79.2 Å².